The lowest BCUT2D eigenvalue weighted by Gasteiger charge is -2.12. The van der Waals surface area contributed by atoms with E-state index in [-0.39, 0.29) is 10.9 Å². The molecule has 154 valence electrons. The molecule has 0 aliphatic rings. The molecule has 1 aromatic heterocycles. The third-order valence-corrected chi connectivity index (χ3v) is 4.86. The second-order valence-corrected chi connectivity index (χ2v) is 6.95. The molecule has 0 aliphatic heterocycles. The van der Waals surface area contributed by atoms with Crippen molar-refractivity contribution >= 4 is 29.5 Å². The van der Waals surface area contributed by atoms with Crippen LogP contribution in [-0.2, 0) is 17.6 Å². The molecule has 6 nitrogen and oxygen atoms in total. The Morgan fingerprint density at radius 3 is 2.73 bits per heavy atom. The van der Waals surface area contributed by atoms with Gasteiger partial charge in [0.25, 0.3) is 0 Å². The molecule has 0 atom stereocenters. The number of benzene rings is 2. The Hall–Kier alpha value is -3.38. The second kappa shape index (κ2) is 10.4. The number of carbonyl (C=O) groups excluding carboxylic acids is 1. The lowest BCUT2D eigenvalue weighted by atomic mass is 10.0. The number of carbonyl (C=O) groups is 1. The molecular weight excluding hydrogens is 402 g/mol. The van der Waals surface area contributed by atoms with Gasteiger partial charge in [0, 0.05) is 25.1 Å². The van der Waals surface area contributed by atoms with E-state index in [2.05, 4.69) is 15.3 Å². The van der Waals surface area contributed by atoms with Crippen molar-refractivity contribution in [2.75, 3.05) is 7.11 Å². The Bertz CT molecular complexity index is 1040. The molecule has 0 spiro atoms. The van der Waals surface area contributed by atoms with Gasteiger partial charge in [-0.3, -0.25) is 4.79 Å². The van der Waals surface area contributed by atoms with Crippen LogP contribution < -0.4 is 10.1 Å². The minimum Gasteiger partial charge on any atom is -0.508 e. The number of halogens is 1. The molecule has 0 saturated heterocycles. The Morgan fingerprint density at radius 1 is 1.20 bits per heavy atom. The largest absolute Gasteiger partial charge is 0.508 e. The topological polar surface area (TPSA) is 83.8 Å². The highest BCUT2D eigenvalue weighted by Gasteiger charge is 2.13. The normalized spacial score (nSPS) is 11.2. The number of nitrogens with one attached hydrogen (secondary N) is 1. The zero-order valence-electron chi connectivity index (χ0n) is 16.5. The van der Waals surface area contributed by atoms with Gasteiger partial charge < -0.3 is 15.2 Å². The number of nitrogens with zero attached hydrogens (tertiary/aromatic N) is 2. The van der Waals surface area contributed by atoms with Crippen molar-refractivity contribution in [2.24, 2.45) is 4.99 Å². The average molecular weight is 424 g/mol. The van der Waals surface area contributed by atoms with Crippen LogP contribution in [0.4, 0.5) is 5.69 Å². The van der Waals surface area contributed by atoms with E-state index in [1.54, 1.807) is 31.5 Å². The molecule has 2 aromatic carbocycles. The van der Waals surface area contributed by atoms with Gasteiger partial charge in [-0.15, -0.1) is 0 Å². The number of aromatic nitrogens is 1. The number of methoxy groups -OCH3 is 1. The first-order chi connectivity index (χ1) is 14.6. The van der Waals surface area contributed by atoms with Crippen molar-refractivity contribution in [3.05, 3.63) is 82.6 Å². The predicted molar refractivity (Wildman–Crippen MR) is 118 cm³/mol. The molecule has 0 radical (unpaired) electrons. The van der Waals surface area contributed by atoms with Gasteiger partial charge in [0.2, 0.25) is 6.41 Å². The van der Waals surface area contributed by atoms with Crippen molar-refractivity contribution in [1.29, 1.82) is 0 Å². The van der Waals surface area contributed by atoms with E-state index < -0.39 is 0 Å². The number of hydrogen-bond donors (Lipinski definition) is 2. The van der Waals surface area contributed by atoms with Gasteiger partial charge in [-0.2, -0.15) is 0 Å². The third kappa shape index (κ3) is 5.58. The number of aromatic hydroxyl groups is 1. The predicted octanol–water partition coefficient (Wildman–Crippen LogP) is 4.45. The lowest BCUT2D eigenvalue weighted by Crippen LogP contribution is -2.22. The Labute approximate surface area is 180 Å². The minimum absolute atomic E-state index is 0.125. The summed E-state index contributed by atoms with van der Waals surface area (Å²) in [7, 11) is 1.55. The SMILES string of the molecule is COc1cc(O)ccc1Cc1ccnc(Cl)c1N=C(CCc1ccccc1)NC=O. The van der Waals surface area contributed by atoms with Gasteiger partial charge in [0.05, 0.1) is 7.11 Å². The fourth-order valence-corrected chi connectivity index (χ4v) is 3.30. The van der Waals surface area contributed by atoms with E-state index in [0.717, 1.165) is 23.1 Å². The summed E-state index contributed by atoms with van der Waals surface area (Å²) >= 11 is 6.35. The zero-order chi connectivity index (χ0) is 21.3. The summed E-state index contributed by atoms with van der Waals surface area (Å²) in [5.41, 5.74) is 3.32. The summed E-state index contributed by atoms with van der Waals surface area (Å²) in [4.78, 5) is 19.9. The van der Waals surface area contributed by atoms with E-state index >= 15 is 0 Å². The summed E-state index contributed by atoms with van der Waals surface area (Å²) in [6.45, 7) is 0. The van der Waals surface area contributed by atoms with Crippen LogP contribution in [0, 0.1) is 0 Å². The van der Waals surface area contributed by atoms with Crippen LogP contribution in [0.3, 0.4) is 0 Å². The molecule has 1 amide bonds. The molecule has 0 saturated carbocycles. The lowest BCUT2D eigenvalue weighted by molar-refractivity contribution is -0.108. The van der Waals surface area contributed by atoms with Gasteiger partial charge in [0.15, 0.2) is 5.15 Å². The van der Waals surface area contributed by atoms with Crippen LogP contribution in [0.25, 0.3) is 0 Å². The number of amidine groups is 1. The molecule has 0 unspecified atom stereocenters. The maximum absolute atomic E-state index is 11.1. The summed E-state index contributed by atoms with van der Waals surface area (Å²) in [5.74, 6) is 1.19. The summed E-state index contributed by atoms with van der Waals surface area (Å²) < 4.78 is 5.37. The number of aliphatic imine (C=N–C) groups is 1. The van der Waals surface area contributed by atoms with Crippen LogP contribution in [0.5, 0.6) is 11.5 Å². The molecule has 3 rings (SSSR count). The fourth-order valence-electron chi connectivity index (χ4n) is 3.08. The van der Waals surface area contributed by atoms with Gasteiger partial charge in [-0.05, 0) is 35.2 Å². The number of phenolic OH excluding ortho intramolecular Hbond substituents is 1. The van der Waals surface area contributed by atoms with Crippen molar-refractivity contribution in [1.82, 2.24) is 10.3 Å². The first kappa shape index (κ1) is 21.3. The summed E-state index contributed by atoms with van der Waals surface area (Å²) in [6.07, 6.45) is 3.95. The van der Waals surface area contributed by atoms with Gasteiger partial charge in [-0.25, -0.2) is 9.98 Å². The van der Waals surface area contributed by atoms with Crippen molar-refractivity contribution in [3.63, 3.8) is 0 Å². The molecule has 0 aliphatic carbocycles. The first-order valence-corrected chi connectivity index (χ1v) is 9.79. The van der Waals surface area contributed by atoms with Crippen LogP contribution in [0.2, 0.25) is 5.15 Å². The van der Waals surface area contributed by atoms with E-state index in [4.69, 9.17) is 16.3 Å². The Morgan fingerprint density at radius 2 is 2.00 bits per heavy atom. The number of aryl methyl sites for hydroxylation is 1. The highest BCUT2D eigenvalue weighted by atomic mass is 35.5. The number of pyridine rings is 1. The zero-order valence-corrected chi connectivity index (χ0v) is 17.3. The quantitative estimate of drug-likeness (QED) is 0.242. The van der Waals surface area contributed by atoms with E-state index in [1.165, 1.54) is 0 Å². The second-order valence-electron chi connectivity index (χ2n) is 6.59. The molecule has 7 heteroatoms. The Balaban J connectivity index is 1.91. The smallest absolute Gasteiger partial charge is 0.212 e. The van der Waals surface area contributed by atoms with Crippen LogP contribution in [0.15, 0.2) is 65.8 Å². The minimum atomic E-state index is 0.125. The maximum Gasteiger partial charge on any atom is 0.212 e. The highest BCUT2D eigenvalue weighted by Crippen LogP contribution is 2.32. The maximum atomic E-state index is 11.1. The third-order valence-electron chi connectivity index (χ3n) is 4.58. The number of ether oxygens (including phenoxy) is 1. The van der Waals surface area contributed by atoms with Gasteiger partial charge in [0.1, 0.15) is 23.0 Å². The average Bonchev–Trinajstić information content (AvgIpc) is 2.76. The highest BCUT2D eigenvalue weighted by molar-refractivity contribution is 6.32. The monoisotopic (exact) mass is 423 g/mol. The fraction of sp³-hybridized carbons (Fsp3) is 0.174. The number of hydrogen-bond acceptors (Lipinski definition) is 5. The first-order valence-electron chi connectivity index (χ1n) is 9.41. The van der Waals surface area contributed by atoms with E-state index in [1.807, 2.05) is 36.4 Å². The number of phenols is 1. The molecular formula is C23H22ClN3O3. The molecule has 3 aromatic rings. The summed E-state index contributed by atoms with van der Waals surface area (Å²) in [6, 6.07) is 16.7. The number of rotatable bonds is 8. The van der Waals surface area contributed by atoms with E-state index in [0.29, 0.717) is 36.5 Å². The molecule has 1 heterocycles. The van der Waals surface area contributed by atoms with Crippen LogP contribution >= 0.6 is 11.6 Å². The van der Waals surface area contributed by atoms with E-state index in [9.17, 15) is 9.90 Å². The van der Waals surface area contributed by atoms with Crippen molar-refractivity contribution < 1.29 is 14.6 Å². The Kier molecular flexibility index (Phi) is 7.40. The summed E-state index contributed by atoms with van der Waals surface area (Å²) in [5, 5.41) is 12.6. The van der Waals surface area contributed by atoms with Crippen LogP contribution in [0.1, 0.15) is 23.1 Å². The van der Waals surface area contributed by atoms with Crippen molar-refractivity contribution in [3.8, 4) is 11.5 Å². The van der Waals surface area contributed by atoms with Gasteiger partial charge in [-0.1, -0.05) is 48.0 Å². The standard InChI is InChI=1S/C23H22ClN3O3/c1-30-20-14-19(29)9-8-17(20)13-18-11-12-25-23(24)22(18)27-21(26-15-28)10-7-16-5-3-2-4-6-16/h2-6,8-9,11-12,14-15,29H,7,10,13H2,1H3,(H,26,27,28). The van der Waals surface area contributed by atoms with Crippen molar-refractivity contribution in [2.45, 2.75) is 19.3 Å². The van der Waals surface area contributed by atoms with Gasteiger partial charge >= 0.3 is 0 Å². The number of amides is 1. The molecule has 0 bridgehead atoms. The van der Waals surface area contributed by atoms with Crippen LogP contribution in [-0.4, -0.2) is 29.4 Å². The molecule has 2 N–H and O–H groups in total. The molecule has 30 heavy (non-hydrogen) atoms. The molecule has 0 fully saturated rings.